The minimum Gasteiger partial charge on any atom is -0.392 e. The summed E-state index contributed by atoms with van der Waals surface area (Å²) in [6.07, 6.45) is 0.644. The fourth-order valence-electron chi connectivity index (χ4n) is 2.06. The molecule has 1 fully saturated rings. The Morgan fingerprint density at radius 2 is 2.18 bits per heavy atom. The Balaban J connectivity index is 1.96. The molecule has 1 saturated heterocycles. The van der Waals surface area contributed by atoms with Gasteiger partial charge in [0.1, 0.15) is 0 Å². The molecule has 1 amide bonds. The first-order valence-electron chi connectivity index (χ1n) is 5.69. The van der Waals surface area contributed by atoms with Crippen LogP contribution in [0.5, 0.6) is 0 Å². The van der Waals surface area contributed by atoms with Gasteiger partial charge in [-0.1, -0.05) is 12.1 Å². The molecule has 1 aromatic carbocycles. The summed E-state index contributed by atoms with van der Waals surface area (Å²) in [7, 11) is 0. The number of hydrazine groups is 1. The van der Waals surface area contributed by atoms with Crippen molar-refractivity contribution in [3.05, 3.63) is 35.4 Å². The molecule has 17 heavy (non-hydrogen) atoms. The molecule has 0 radical (unpaired) electrons. The third kappa shape index (κ3) is 3.03. The normalized spacial score (nSPS) is 20.5. The lowest BCUT2D eigenvalue weighted by Gasteiger charge is -2.14. The van der Waals surface area contributed by atoms with Crippen LogP contribution in [0.25, 0.3) is 0 Å². The monoisotopic (exact) mass is 235 g/mol. The molecule has 0 aliphatic carbocycles. The summed E-state index contributed by atoms with van der Waals surface area (Å²) in [6.45, 7) is 2.46. The molecule has 0 spiro atoms. The highest BCUT2D eigenvalue weighted by atomic mass is 16.3. The molecule has 0 saturated carbocycles. The second-order valence-electron chi connectivity index (χ2n) is 4.35. The van der Waals surface area contributed by atoms with Crippen molar-refractivity contribution in [2.45, 2.75) is 19.1 Å². The number of likely N-dealkylation sites (tertiary alicyclic amines) is 1. The highest BCUT2D eigenvalue weighted by Crippen LogP contribution is 2.13. The Labute approximate surface area is 100 Å². The zero-order chi connectivity index (χ0) is 12.3. The van der Waals surface area contributed by atoms with Crippen molar-refractivity contribution in [3.63, 3.8) is 0 Å². The van der Waals surface area contributed by atoms with Crippen molar-refractivity contribution in [1.82, 2.24) is 10.3 Å². The van der Waals surface area contributed by atoms with Crippen LogP contribution in [0.2, 0.25) is 0 Å². The smallest absolute Gasteiger partial charge is 0.265 e. The molecule has 4 N–H and O–H groups in total. The number of hydrogen-bond donors (Lipinski definition) is 3. The van der Waals surface area contributed by atoms with E-state index < -0.39 is 0 Å². The molecule has 1 heterocycles. The maximum Gasteiger partial charge on any atom is 0.265 e. The number of carbonyl (C=O) groups is 1. The van der Waals surface area contributed by atoms with Gasteiger partial charge in [-0.05, 0) is 24.1 Å². The van der Waals surface area contributed by atoms with Crippen LogP contribution in [0.3, 0.4) is 0 Å². The summed E-state index contributed by atoms with van der Waals surface area (Å²) in [6, 6.07) is 7.33. The van der Waals surface area contributed by atoms with Crippen LogP contribution in [0.15, 0.2) is 24.3 Å². The lowest BCUT2D eigenvalue weighted by molar-refractivity contribution is 0.0953. The van der Waals surface area contributed by atoms with Crippen LogP contribution in [0.1, 0.15) is 22.3 Å². The number of benzene rings is 1. The van der Waals surface area contributed by atoms with Crippen molar-refractivity contribution < 1.29 is 9.90 Å². The van der Waals surface area contributed by atoms with Crippen LogP contribution >= 0.6 is 0 Å². The third-order valence-electron chi connectivity index (χ3n) is 3.00. The van der Waals surface area contributed by atoms with E-state index in [0.717, 1.165) is 31.6 Å². The SMILES string of the molecule is NNC(=O)c1ccc(CN2CCC(O)C2)cc1. The molecule has 5 nitrogen and oxygen atoms in total. The van der Waals surface area contributed by atoms with E-state index >= 15 is 0 Å². The van der Waals surface area contributed by atoms with E-state index in [9.17, 15) is 9.90 Å². The fourth-order valence-corrected chi connectivity index (χ4v) is 2.06. The molecule has 5 heteroatoms. The van der Waals surface area contributed by atoms with Gasteiger partial charge in [0.15, 0.2) is 0 Å². The van der Waals surface area contributed by atoms with Crippen molar-refractivity contribution in [3.8, 4) is 0 Å². The van der Waals surface area contributed by atoms with Crippen LogP contribution < -0.4 is 11.3 Å². The Morgan fingerprint density at radius 1 is 1.47 bits per heavy atom. The van der Waals surface area contributed by atoms with Crippen LogP contribution in [-0.2, 0) is 6.54 Å². The third-order valence-corrected chi connectivity index (χ3v) is 3.00. The average Bonchev–Trinajstić information content (AvgIpc) is 2.75. The molecule has 2 rings (SSSR count). The Bertz CT molecular complexity index is 391. The zero-order valence-electron chi connectivity index (χ0n) is 9.60. The largest absolute Gasteiger partial charge is 0.392 e. The van der Waals surface area contributed by atoms with Crippen LogP contribution in [0, 0.1) is 0 Å². The fraction of sp³-hybridized carbons (Fsp3) is 0.417. The molecule has 1 unspecified atom stereocenters. The minimum atomic E-state index is -0.284. The van der Waals surface area contributed by atoms with Crippen molar-refractivity contribution >= 4 is 5.91 Å². The molecular formula is C12H17N3O2. The van der Waals surface area contributed by atoms with Gasteiger partial charge in [-0.2, -0.15) is 0 Å². The number of β-amino-alcohol motifs (C(OH)–C–C–N with tert-alkyl or cyclic N) is 1. The standard InChI is InChI=1S/C12H17N3O2/c13-14-12(17)10-3-1-9(2-4-10)7-15-6-5-11(16)8-15/h1-4,11,16H,5-8,13H2,(H,14,17). The second-order valence-corrected chi connectivity index (χ2v) is 4.35. The van der Waals surface area contributed by atoms with E-state index in [-0.39, 0.29) is 12.0 Å². The predicted octanol–water partition coefficient (Wildman–Crippen LogP) is -0.143. The maximum atomic E-state index is 11.2. The van der Waals surface area contributed by atoms with E-state index in [1.807, 2.05) is 12.1 Å². The first kappa shape index (κ1) is 12.0. The lowest BCUT2D eigenvalue weighted by atomic mass is 10.1. The van der Waals surface area contributed by atoms with Gasteiger partial charge in [-0.15, -0.1) is 0 Å². The van der Waals surface area contributed by atoms with E-state index in [1.54, 1.807) is 12.1 Å². The number of amides is 1. The summed E-state index contributed by atoms with van der Waals surface area (Å²) in [5.41, 5.74) is 3.78. The predicted molar refractivity (Wildman–Crippen MR) is 64.0 cm³/mol. The molecule has 0 aromatic heterocycles. The van der Waals surface area contributed by atoms with Crippen molar-refractivity contribution in [2.75, 3.05) is 13.1 Å². The van der Waals surface area contributed by atoms with Gasteiger partial charge in [-0.25, -0.2) is 5.84 Å². The van der Waals surface area contributed by atoms with Gasteiger partial charge in [0.05, 0.1) is 6.10 Å². The summed E-state index contributed by atoms with van der Waals surface area (Å²) in [5.74, 6) is 4.77. The topological polar surface area (TPSA) is 78.6 Å². The Hall–Kier alpha value is -1.43. The summed E-state index contributed by atoms with van der Waals surface area (Å²) < 4.78 is 0. The number of nitrogens with one attached hydrogen (secondary N) is 1. The summed E-state index contributed by atoms with van der Waals surface area (Å²) in [5, 5.41) is 9.42. The molecule has 92 valence electrons. The van der Waals surface area contributed by atoms with Gasteiger partial charge in [0, 0.05) is 25.2 Å². The Morgan fingerprint density at radius 3 is 2.71 bits per heavy atom. The van der Waals surface area contributed by atoms with Gasteiger partial charge >= 0.3 is 0 Å². The number of hydrogen-bond acceptors (Lipinski definition) is 4. The second kappa shape index (κ2) is 5.27. The maximum absolute atomic E-state index is 11.2. The van der Waals surface area contributed by atoms with Gasteiger partial charge in [0.25, 0.3) is 5.91 Å². The van der Waals surface area contributed by atoms with E-state index in [0.29, 0.717) is 5.56 Å². The number of nitrogen functional groups attached to an aromatic ring is 1. The quantitative estimate of drug-likeness (QED) is 0.387. The Kier molecular flexibility index (Phi) is 3.73. The highest BCUT2D eigenvalue weighted by Gasteiger charge is 2.19. The average molecular weight is 235 g/mol. The first-order chi connectivity index (χ1) is 8.19. The minimum absolute atomic E-state index is 0.197. The first-order valence-corrected chi connectivity index (χ1v) is 5.69. The molecule has 0 bridgehead atoms. The van der Waals surface area contributed by atoms with E-state index in [2.05, 4.69) is 10.3 Å². The van der Waals surface area contributed by atoms with Gasteiger partial charge in [-0.3, -0.25) is 15.1 Å². The number of aliphatic hydroxyl groups is 1. The van der Waals surface area contributed by atoms with Gasteiger partial charge < -0.3 is 5.11 Å². The number of rotatable bonds is 3. The van der Waals surface area contributed by atoms with Gasteiger partial charge in [0.2, 0.25) is 0 Å². The molecular weight excluding hydrogens is 218 g/mol. The number of nitrogens with two attached hydrogens (primary N) is 1. The molecule has 1 aromatic rings. The van der Waals surface area contributed by atoms with Crippen molar-refractivity contribution in [2.24, 2.45) is 5.84 Å². The molecule has 1 aliphatic heterocycles. The number of nitrogens with zero attached hydrogens (tertiary/aromatic N) is 1. The number of carbonyl (C=O) groups excluding carboxylic acids is 1. The van der Waals surface area contributed by atoms with Crippen molar-refractivity contribution in [1.29, 1.82) is 0 Å². The number of aliphatic hydroxyl groups excluding tert-OH is 1. The molecule has 1 aliphatic rings. The van der Waals surface area contributed by atoms with Crippen LogP contribution in [-0.4, -0.2) is 35.1 Å². The zero-order valence-corrected chi connectivity index (χ0v) is 9.60. The van der Waals surface area contributed by atoms with E-state index in [4.69, 9.17) is 5.84 Å². The lowest BCUT2D eigenvalue weighted by Crippen LogP contribution is -2.29. The highest BCUT2D eigenvalue weighted by molar-refractivity contribution is 5.93. The summed E-state index contributed by atoms with van der Waals surface area (Å²) >= 11 is 0. The van der Waals surface area contributed by atoms with Crippen LogP contribution in [0.4, 0.5) is 0 Å². The molecule has 1 atom stereocenters. The summed E-state index contributed by atoms with van der Waals surface area (Å²) in [4.78, 5) is 13.4. The van der Waals surface area contributed by atoms with E-state index in [1.165, 1.54) is 0 Å².